The van der Waals surface area contributed by atoms with Gasteiger partial charge in [-0.15, -0.1) is 0 Å². The van der Waals surface area contributed by atoms with E-state index in [1.54, 1.807) is 0 Å². The van der Waals surface area contributed by atoms with Gasteiger partial charge in [-0.3, -0.25) is 0 Å². The van der Waals surface area contributed by atoms with Crippen LogP contribution < -0.4 is 5.32 Å². The maximum Gasteiger partial charge on any atom is 0.108 e. The highest BCUT2D eigenvalue weighted by molar-refractivity contribution is 5.01. The monoisotopic (exact) mass is 277 g/mol. The first-order chi connectivity index (χ1) is 9.47. The van der Waals surface area contributed by atoms with Gasteiger partial charge in [0.2, 0.25) is 0 Å². The van der Waals surface area contributed by atoms with E-state index in [9.17, 15) is 0 Å². The van der Waals surface area contributed by atoms with E-state index >= 15 is 0 Å². The standard InChI is InChI=1S/C17H31N3/c1-6-16-19-10-11-20(16)15-12-13(17(3,4)5)8-9-14(15)18-7-2/h10-11,13-15,18H,6-9,12H2,1-5H3. The van der Waals surface area contributed by atoms with Crippen molar-refractivity contribution >= 4 is 0 Å². The Bertz CT molecular complexity index is 416. The molecular formula is C17H31N3. The molecule has 114 valence electrons. The van der Waals surface area contributed by atoms with Gasteiger partial charge in [-0.25, -0.2) is 4.98 Å². The summed E-state index contributed by atoms with van der Waals surface area (Å²) in [6, 6.07) is 1.16. The zero-order chi connectivity index (χ0) is 14.8. The summed E-state index contributed by atoms with van der Waals surface area (Å²) in [5, 5.41) is 3.70. The molecule has 1 aromatic rings. The van der Waals surface area contributed by atoms with E-state index < -0.39 is 0 Å². The van der Waals surface area contributed by atoms with Crippen molar-refractivity contribution in [2.24, 2.45) is 11.3 Å². The Morgan fingerprint density at radius 1 is 1.30 bits per heavy atom. The molecule has 0 aromatic carbocycles. The van der Waals surface area contributed by atoms with Gasteiger partial charge in [-0.2, -0.15) is 0 Å². The fourth-order valence-corrected chi connectivity index (χ4v) is 3.66. The molecule has 3 unspecified atom stereocenters. The Balaban J connectivity index is 2.23. The van der Waals surface area contributed by atoms with Crippen LogP contribution in [0.1, 0.15) is 65.7 Å². The summed E-state index contributed by atoms with van der Waals surface area (Å²) in [5.74, 6) is 2.03. The zero-order valence-corrected chi connectivity index (χ0v) is 13.8. The highest BCUT2D eigenvalue weighted by Crippen LogP contribution is 2.42. The van der Waals surface area contributed by atoms with E-state index in [1.165, 1.54) is 25.1 Å². The molecule has 0 bridgehead atoms. The van der Waals surface area contributed by atoms with Crippen LogP contribution in [0, 0.1) is 11.3 Å². The lowest BCUT2D eigenvalue weighted by Gasteiger charge is -2.43. The molecule has 3 heteroatoms. The smallest absolute Gasteiger partial charge is 0.108 e. The lowest BCUT2D eigenvalue weighted by molar-refractivity contribution is 0.117. The van der Waals surface area contributed by atoms with Gasteiger partial charge in [0.15, 0.2) is 0 Å². The number of nitrogens with one attached hydrogen (secondary N) is 1. The number of aromatic nitrogens is 2. The van der Waals surface area contributed by atoms with Crippen molar-refractivity contribution in [3.05, 3.63) is 18.2 Å². The van der Waals surface area contributed by atoms with Crippen molar-refractivity contribution in [1.29, 1.82) is 0 Å². The summed E-state index contributed by atoms with van der Waals surface area (Å²) in [4.78, 5) is 4.53. The van der Waals surface area contributed by atoms with Gasteiger partial charge in [0.05, 0.1) is 6.04 Å². The second-order valence-corrected chi connectivity index (χ2v) is 7.21. The summed E-state index contributed by atoms with van der Waals surface area (Å²) >= 11 is 0. The number of nitrogens with zero attached hydrogens (tertiary/aromatic N) is 2. The predicted octanol–water partition coefficient (Wildman–Crippen LogP) is 3.81. The first-order valence-corrected chi connectivity index (χ1v) is 8.22. The number of rotatable bonds is 4. The van der Waals surface area contributed by atoms with Gasteiger partial charge in [0, 0.05) is 24.9 Å². The van der Waals surface area contributed by atoms with Crippen LogP contribution in [0.3, 0.4) is 0 Å². The maximum absolute atomic E-state index is 4.53. The fraction of sp³-hybridized carbons (Fsp3) is 0.824. The van der Waals surface area contributed by atoms with Gasteiger partial charge in [-0.1, -0.05) is 34.6 Å². The van der Waals surface area contributed by atoms with E-state index in [0.29, 0.717) is 17.5 Å². The molecule has 1 heterocycles. The average molecular weight is 277 g/mol. The van der Waals surface area contributed by atoms with E-state index in [1.807, 2.05) is 6.20 Å². The van der Waals surface area contributed by atoms with E-state index in [2.05, 4.69) is 55.7 Å². The minimum Gasteiger partial charge on any atom is -0.330 e. The third kappa shape index (κ3) is 3.25. The molecule has 2 rings (SSSR count). The summed E-state index contributed by atoms with van der Waals surface area (Å²) in [5.41, 5.74) is 0.405. The van der Waals surface area contributed by atoms with Gasteiger partial charge in [-0.05, 0) is 37.1 Å². The quantitative estimate of drug-likeness (QED) is 0.907. The lowest BCUT2D eigenvalue weighted by atomic mass is 9.69. The minimum absolute atomic E-state index is 0.405. The number of hydrogen-bond acceptors (Lipinski definition) is 2. The molecule has 1 saturated carbocycles. The lowest BCUT2D eigenvalue weighted by Crippen LogP contribution is -2.44. The van der Waals surface area contributed by atoms with Crippen LogP contribution in [0.4, 0.5) is 0 Å². The largest absolute Gasteiger partial charge is 0.330 e. The van der Waals surface area contributed by atoms with Crippen LogP contribution in [-0.4, -0.2) is 22.1 Å². The number of hydrogen-bond donors (Lipinski definition) is 1. The molecule has 1 N–H and O–H groups in total. The summed E-state index contributed by atoms with van der Waals surface area (Å²) < 4.78 is 2.44. The van der Waals surface area contributed by atoms with E-state index in [-0.39, 0.29) is 0 Å². The third-order valence-electron chi connectivity index (χ3n) is 4.93. The van der Waals surface area contributed by atoms with Crippen molar-refractivity contribution in [2.45, 2.75) is 72.4 Å². The molecular weight excluding hydrogens is 246 g/mol. The van der Waals surface area contributed by atoms with Gasteiger partial charge >= 0.3 is 0 Å². The van der Waals surface area contributed by atoms with Crippen LogP contribution in [0.25, 0.3) is 0 Å². The van der Waals surface area contributed by atoms with E-state index in [4.69, 9.17) is 0 Å². The molecule has 0 saturated heterocycles. The maximum atomic E-state index is 4.53. The van der Waals surface area contributed by atoms with Gasteiger partial charge in [0.1, 0.15) is 5.82 Å². The molecule has 1 aliphatic carbocycles. The Kier molecular flexibility index (Phi) is 4.90. The second-order valence-electron chi connectivity index (χ2n) is 7.21. The van der Waals surface area contributed by atoms with Crippen molar-refractivity contribution in [1.82, 2.24) is 14.9 Å². The first-order valence-electron chi connectivity index (χ1n) is 8.22. The number of likely N-dealkylation sites (N-methyl/N-ethyl adjacent to an activating group) is 1. The SMILES string of the molecule is CCNC1CCC(C(C)(C)C)CC1n1ccnc1CC. The fourth-order valence-electron chi connectivity index (χ4n) is 3.66. The van der Waals surface area contributed by atoms with Gasteiger partial charge < -0.3 is 9.88 Å². The summed E-state index contributed by atoms with van der Waals surface area (Å²) in [6.07, 6.45) is 9.05. The molecule has 0 amide bonds. The van der Waals surface area contributed by atoms with Crippen LogP contribution in [0.2, 0.25) is 0 Å². The molecule has 0 aliphatic heterocycles. The average Bonchev–Trinajstić information content (AvgIpc) is 2.86. The minimum atomic E-state index is 0.405. The highest BCUT2D eigenvalue weighted by atomic mass is 15.1. The van der Waals surface area contributed by atoms with Crippen molar-refractivity contribution < 1.29 is 0 Å². The van der Waals surface area contributed by atoms with Crippen LogP contribution in [-0.2, 0) is 6.42 Å². The molecule has 1 fully saturated rings. The number of aryl methyl sites for hydroxylation is 1. The molecule has 0 radical (unpaired) electrons. The van der Waals surface area contributed by atoms with Crippen molar-refractivity contribution in [2.75, 3.05) is 6.54 Å². The predicted molar refractivity (Wildman–Crippen MR) is 84.9 cm³/mol. The number of imidazole rings is 1. The Morgan fingerprint density at radius 2 is 2.05 bits per heavy atom. The Labute approximate surface area is 124 Å². The molecule has 1 aliphatic rings. The van der Waals surface area contributed by atoms with Crippen LogP contribution in [0.15, 0.2) is 12.4 Å². The molecule has 3 nitrogen and oxygen atoms in total. The highest BCUT2D eigenvalue weighted by Gasteiger charge is 2.36. The Hall–Kier alpha value is -0.830. The van der Waals surface area contributed by atoms with Crippen LogP contribution in [0.5, 0.6) is 0 Å². The summed E-state index contributed by atoms with van der Waals surface area (Å²) in [6.45, 7) is 12.6. The first kappa shape index (κ1) is 15.6. The van der Waals surface area contributed by atoms with Crippen molar-refractivity contribution in [3.63, 3.8) is 0 Å². The normalized spacial score (nSPS) is 27.8. The molecule has 3 atom stereocenters. The molecule has 1 aromatic heterocycles. The van der Waals surface area contributed by atoms with Crippen LogP contribution >= 0.6 is 0 Å². The molecule has 20 heavy (non-hydrogen) atoms. The second kappa shape index (κ2) is 6.30. The van der Waals surface area contributed by atoms with E-state index in [0.717, 1.165) is 18.9 Å². The topological polar surface area (TPSA) is 29.9 Å². The zero-order valence-electron chi connectivity index (χ0n) is 13.8. The third-order valence-corrected chi connectivity index (χ3v) is 4.93. The van der Waals surface area contributed by atoms with Crippen molar-refractivity contribution in [3.8, 4) is 0 Å². The summed E-state index contributed by atoms with van der Waals surface area (Å²) in [7, 11) is 0. The Morgan fingerprint density at radius 3 is 2.65 bits per heavy atom. The molecule has 0 spiro atoms. The van der Waals surface area contributed by atoms with Gasteiger partial charge in [0.25, 0.3) is 0 Å².